The third kappa shape index (κ3) is 5.56. The molecule has 1 saturated heterocycles. The molecule has 1 aromatic carbocycles. The predicted octanol–water partition coefficient (Wildman–Crippen LogP) is 3.31. The number of carbonyl (C=O) groups excluding carboxylic acids is 2. The summed E-state index contributed by atoms with van der Waals surface area (Å²) < 4.78 is 18.5. The van der Waals surface area contributed by atoms with E-state index in [-0.39, 0.29) is 28.8 Å². The van der Waals surface area contributed by atoms with Crippen molar-refractivity contribution in [3.05, 3.63) is 52.1 Å². The number of carbonyl (C=O) groups is 2. The lowest BCUT2D eigenvalue weighted by Gasteiger charge is -2.31. The average Bonchev–Trinajstić information content (AvgIpc) is 3.05. The molecule has 2 amide bonds. The molecule has 29 heavy (non-hydrogen) atoms. The molecule has 156 valence electrons. The van der Waals surface area contributed by atoms with Gasteiger partial charge in [-0.3, -0.25) is 9.59 Å². The third-order valence-corrected chi connectivity index (χ3v) is 5.69. The third-order valence-electron chi connectivity index (χ3n) is 5.40. The van der Waals surface area contributed by atoms with Crippen LogP contribution in [0.1, 0.15) is 36.1 Å². The average molecular weight is 422 g/mol. The molecule has 0 saturated carbocycles. The second kappa shape index (κ2) is 9.87. The number of benzene rings is 1. The molecule has 8 heteroatoms. The minimum absolute atomic E-state index is 0.0275. The van der Waals surface area contributed by atoms with Crippen molar-refractivity contribution in [3.8, 4) is 0 Å². The normalized spacial score (nSPS) is 14.8. The van der Waals surface area contributed by atoms with Crippen LogP contribution in [0.3, 0.4) is 0 Å². The number of rotatable bonds is 7. The van der Waals surface area contributed by atoms with Crippen LogP contribution in [-0.4, -0.2) is 41.5 Å². The fraction of sp³-hybridized carbons (Fsp3) is 0.476. The zero-order valence-electron chi connectivity index (χ0n) is 16.4. The maximum Gasteiger partial charge on any atom is 0.229 e. The Morgan fingerprint density at radius 1 is 1.28 bits per heavy atom. The highest BCUT2D eigenvalue weighted by Crippen LogP contribution is 2.22. The molecule has 1 aliphatic heterocycles. The van der Waals surface area contributed by atoms with Crippen molar-refractivity contribution in [2.24, 2.45) is 5.92 Å². The van der Waals surface area contributed by atoms with Crippen molar-refractivity contribution in [3.63, 3.8) is 0 Å². The molecule has 0 atom stereocenters. The number of likely N-dealkylation sites (tertiary alicyclic amines) is 1. The van der Waals surface area contributed by atoms with E-state index in [1.165, 1.54) is 6.07 Å². The molecule has 1 fully saturated rings. The largest absolute Gasteiger partial charge is 0.356 e. The topological polar surface area (TPSA) is 75.4 Å². The van der Waals surface area contributed by atoms with Crippen molar-refractivity contribution in [2.75, 3.05) is 19.6 Å². The van der Waals surface area contributed by atoms with E-state index in [9.17, 15) is 14.0 Å². The van der Waals surface area contributed by atoms with Crippen LogP contribution in [0, 0.1) is 18.7 Å². The van der Waals surface area contributed by atoms with Gasteiger partial charge in [-0.25, -0.2) is 4.39 Å². The Hall–Kier alpha value is -2.41. The molecule has 2 heterocycles. The van der Waals surface area contributed by atoms with Crippen molar-refractivity contribution in [1.29, 1.82) is 0 Å². The smallest absolute Gasteiger partial charge is 0.229 e. The fourth-order valence-electron chi connectivity index (χ4n) is 3.59. The van der Waals surface area contributed by atoms with Gasteiger partial charge in [-0.05, 0) is 55.8 Å². The highest BCUT2D eigenvalue weighted by molar-refractivity contribution is 6.29. The van der Waals surface area contributed by atoms with Gasteiger partial charge in [0.25, 0.3) is 0 Å². The molecular weight excluding hydrogens is 397 g/mol. The zero-order valence-corrected chi connectivity index (χ0v) is 17.2. The number of aromatic nitrogens is 1. The Balaban J connectivity index is 1.38. The summed E-state index contributed by atoms with van der Waals surface area (Å²) in [4.78, 5) is 26.6. The lowest BCUT2D eigenvalue weighted by Crippen LogP contribution is -2.43. The highest BCUT2D eigenvalue weighted by Gasteiger charge is 2.27. The van der Waals surface area contributed by atoms with E-state index in [0.29, 0.717) is 63.0 Å². The molecule has 0 spiro atoms. The van der Waals surface area contributed by atoms with Crippen molar-refractivity contribution < 1.29 is 18.5 Å². The van der Waals surface area contributed by atoms with E-state index in [1.54, 1.807) is 30.0 Å². The van der Waals surface area contributed by atoms with Crippen molar-refractivity contribution in [2.45, 2.75) is 39.0 Å². The molecule has 0 radical (unpaired) electrons. The summed E-state index contributed by atoms with van der Waals surface area (Å²) in [7, 11) is 0. The molecule has 1 N–H and O–H groups in total. The number of nitrogens with zero attached hydrogens (tertiary/aromatic N) is 2. The Morgan fingerprint density at radius 2 is 2.00 bits per heavy atom. The minimum atomic E-state index is -0.253. The van der Waals surface area contributed by atoms with Gasteiger partial charge in [0, 0.05) is 37.5 Å². The second-order valence-corrected chi connectivity index (χ2v) is 7.65. The predicted molar refractivity (Wildman–Crippen MR) is 107 cm³/mol. The molecule has 3 rings (SSSR count). The molecule has 0 unspecified atom stereocenters. The lowest BCUT2D eigenvalue weighted by molar-refractivity contribution is -0.135. The first kappa shape index (κ1) is 21.3. The standard InChI is InChI=1S/C21H25ClFN3O3/c1-14-17(20(22)29-25-14)6-7-19(27)26-12-9-16(10-13-26)21(28)24-11-8-15-4-2-3-5-18(15)23/h2-5,16H,6-13H2,1H3,(H,24,28). The van der Waals surface area contributed by atoms with Crippen LogP contribution in [0.5, 0.6) is 0 Å². The van der Waals surface area contributed by atoms with Crippen LogP contribution in [0.25, 0.3) is 0 Å². The van der Waals surface area contributed by atoms with E-state index in [4.69, 9.17) is 16.1 Å². The quantitative estimate of drug-likeness (QED) is 0.744. The Bertz CT molecular complexity index is 843. The van der Waals surface area contributed by atoms with Crippen molar-refractivity contribution in [1.82, 2.24) is 15.4 Å². The number of hydrogen-bond donors (Lipinski definition) is 1. The van der Waals surface area contributed by atoms with Gasteiger partial charge in [0.05, 0.1) is 5.69 Å². The first-order valence-electron chi connectivity index (χ1n) is 9.85. The van der Waals surface area contributed by atoms with Gasteiger partial charge in [0.2, 0.25) is 17.0 Å². The SMILES string of the molecule is Cc1noc(Cl)c1CCC(=O)N1CCC(C(=O)NCCc2ccccc2F)CC1. The van der Waals surface area contributed by atoms with Gasteiger partial charge in [-0.2, -0.15) is 0 Å². The fourth-order valence-corrected chi connectivity index (χ4v) is 3.85. The number of piperidine rings is 1. The second-order valence-electron chi connectivity index (χ2n) is 7.31. The number of nitrogens with one attached hydrogen (secondary N) is 1. The summed E-state index contributed by atoms with van der Waals surface area (Å²) in [6, 6.07) is 6.57. The van der Waals surface area contributed by atoms with Crippen LogP contribution < -0.4 is 5.32 Å². The summed E-state index contributed by atoms with van der Waals surface area (Å²) in [5.74, 6) is -0.355. The maximum atomic E-state index is 13.6. The van der Waals surface area contributed by atoms with Crippen LogP contribution in [0.4, 0.5) is 4.39 Å². The zero-order chi connectivity index (χ0) is 20.8. The number of halogens is 2. The molecule has 1 aromatic heterocycles. The number of amides is 2. The van der Waals surface area contributed by atoms with Crippen LogP contribution >= 0.6 is 11.6 Å². The summed E-state index contributed by atoms with van der Waals surface area (Å²) >= 11 is 5.94. The van der Waals surface area contributed by atoms with Gasteiger partial charge >= 0.3 is 0 Å². The minimum Gasteiger partial charge on any atom is -0.356 e. The van der Waals surface area contributed by atoms with Gasteiger partial charge in [-0.1, -0.05) is 23.4 Å². The van der Waals surface area contributed by atoms with Gasteiger partial charge in [-0.15, -0.1) is 0 Å². The Morgan fingerprint density at radius 3 is 2.66 bits per heavy atom. The van der Waals surface area contributed by atoms with Gasteiger partial charge < -0.3 is 14.7 Å². The van der Waals surface area contributed by atoms with Crippen LogP contribution in [0.15, 0.2) is 28.8 Å². The molecular formula is C21H25ClFN3O3. The van der Waals surface area contributed by atoms with E-state index >= 15 is 0 Å². The highest BCUT2D eigenvalue weighted by atomic mass is 35.5. The number of hydrogen-bond acceptors (Lipinski definition) is 4. The van der Waals surface area contributed by atoms with E-state index in [1.807, 2.05) is 0 Å². The van der Waals surface area contributed by atoms with Crippen LogP contribution in [-0.2, 0) is 22.4 Å². The van der Waals surface area contributed by atoms with Crippen LogP contribution in [0.2, 0.25) is 5.22 Å². The van der Waals surface area contributed by atoms with E-state index in [0.717, 1.165) is 5.56 Å². The summed E-state index contributed by atoms with van der Waals surface area (Å²) in [6.07, 6.45) is 2.54. The molecule has 2 aromatic rings. The van der Waals surface area contributed by atoms with E-state index < -0.39 is 0 Å². The molecule has 6 nitrogen and oxygen atoms in total. The summed E-state index contributed by atoms with van der Waals surface area (Å²) in [5.41, 5.74) is 2.06. The monoisotopic (exact) mass is 421 g/mol. The Kier molecular flexibility index (Phi) is 7.25. The molecule has 1 aliphatic rings. The maximum absolute atomic E-state index is 13.6. The first-order valence-corrected chi connectivity index (χ1v) is 10.2. The lowest BCUT2D eigenvalue weighted by atomic mass is 9.95. The van der Waals surface area contributed by atoms with Gasteiger partial charge in [0.15, 0.2) is 0 Å². The molecule has 0 bridgehead atoms. The van der Waals surface area contributed by atoms with Gasteiger partial charge in [0.1, 0.15) is 5.82 Å². The molecule has 0 aliphatic carbocycles. The first-order chi connectivity index (χ1) is 14.0. The summed E-state index contributed by atoms with van der Waals surface area (Å²) in [6.45, 7) is 3.31. The summed E-state index contributed by atoms with van der Waals surface area (Å²) in [5, 5.41) is 6.91. The van der Waals surface area contributed by atoms with Crippen molar-refractivity contribution >= 4 is 23.4 Å². The van der Waals surface area contributed by atoms with E-state index in [2.05, 4.69) is 10.5 Å². The Labute approximate surface area is 174 Å². The number of aryl methyl sites for hydroxylation is 1.